The number of hydrogen-bond acceptors (Lipinski definition) is 5. The number of benzene rings is 3. The van der Waals surface area contributed by atoms with Gasteiger partial charge in [-0.1, -0.05) is 56.3 Å². The molecule has 0 radical (unpaired) electrons. The summed E-state index contributed by atoms with van der Waals surface area (Å²) < 4.78 is 17.9. The van der Waals surface area contributed by atoms with Crippen molar-refractivity contribution in [2.24, 2.45) is 0 Å². The first-order valence-corrected chi connectivity index (χ1v) is 13.0. The maximum Gasteiger partial charge on any atom is 0.129 e. The number of piperazine rings is 1. The molecule has 1 atom stereocenters. The number of nitrogens with zero attached hydrogens (tertiary/aromatic N) is 2. The van der Waals surface area contributed by atoms with Gasteiger partial charge in [-0.25, -0.2) is 0 Å². The van der Waals surface area contributed by atoms with Crippen molar-refractivity contribution in [3.8, 4) is 17.2 Å². The zero-order chi connectivity index (χ0) is 25.3. The second-order valence-electron chi connectivity index (χ2n) is 9.83. The Balaban J connectivity index is 1.44. The van der Waals surface area contributed by atoms with Crippen LogP contribution < -0.4 is 14.2 Å². The predicted molar refractivity (Wildman–Crippen MR) is 146 cm³/mol. The maximum atomic E-state index is 6.65. The first kappa shape index (κ1) is 26.1. The van der Waals surface area contributed by atoms with E-state index in [0.717, 1.165) is 68.5 Å². The highest BCUT2D eigenvalue weighted by Gasteiger charge is 2.23. The van der Waals surface area contributed by atoms with Crippen LogP contribution in [0.5, 0.6) is 17.2 Å². The molecule has 1 unspecified atom stereocenters. The lowest BCUT2D eigenvalue weighted by Gasteiger charge is -2.35. The van der Waals surface area contributed by atoms with E-state index in [0.29, 0.717) is 5.92 Å². The van der Waals surface area contributed by atoms with Gasteiger partial charge in [0.1, 0.15) is 23.4 Å². The maximum absolute atomic E-state index is 6.65. The molecule has 1 aliphatic heterocycles. The Morgan fingerprint density at radius 1 is 0.750 bits per heavy atom. The lowest BCUT2D eigenvalue weighted by Crippen LogP contribution is -2.46. The molecule has 3 aromatic rings. The smallest absolute Gasteiger partial charge is 0.129 e. The average molecular weight is 489 g/mol. The highest BCUT2D eigenvalue weighted by Crippen LogP contribution is 2.35. The van der Waals surface area contributed by atoms with E-state index in [-0.39, 0.29) is 6.10 Å². The van der Waals surface area contributed by atoms with Gasteiger partial charge in [0.05, 0.1) is 14.2 Å². The van der Waals surface area contributed by atoms with Crippen LogP contribution in [0.3, 0.4) is 0 Å². The van der Waals surface area contributed by atoms with E-state index in [2.05, 4.69) is 72.2 Å². The summed E-state index contributed by atoms with van der Waals surface area (Å²) in [6.45, 7) is 10.7. The molecule has 4 rings (SSSR count). The van der Waals surface area contributed by atoms with Gasteiger partial charge in [0.25, 0.3) is 0 Å². The van der Waals surface area contributed by atoms with E-state index < -0.39 is 0 Å². The largest absolute Gasteiger partial charge is 0.497 e. The van der Waals surface area contributed by atoms with Gasteiger partial charge in [-0.05, 0) is 47.4 Å². The quantitative estimate of drug-likeness (QED) is 0.323. The Kier molecular flexibility index (Phi) is 9.26. The summed E-state index contributed by atoms with van der Waals surface area (Å²) in [5.74, 6) is 2.98. The molecule has 1 aliphatic rings. The Bertz CT molecular complexity index is 1080. The highest BCUT2D eigenvalue weighted by molar-refractivity contribution is 5.42. The zero-order valence-electron chi connectivity index (χ0n) is 22.2. The van der Waals surface area contributed by atoms with Crippen LogP contribution in [-0.2, 0) is 6.54 Å². The minimum atomic E-state index is -0.139. The normalized spacial score (nSPS) is 15.6. The molecule has 36 heavy (non-hydrogen) atoms. The van der Waals surface area contributed by atoms with Crippen LogP contribution in [0.1, 0.15) is 49.0 Å². The fourth-order valence-electron chi connectivity index (χ4n) is 4.79. The van der Waals surface area contributed by atoms with Crippen molar-refractivity contribution in [2.75, 3.05) is 46.9 Å². The van der Waals surface area contributed by atoms with Crippen molar-refractivity contribution >= 4 is 0 Å². The Morgan fingerprint density at radius 2 is 1.50 bits per heavy atom. The third kappa shape index (κ3) is 7.02. The van der Waals surface area contributed by atoms with E-state index >= 15 is 0 Å². The topological polar surface area (TPSA) is 34.2 Å². The molecule has 1 heterocycles. The van der Waals surface area contributed by atoms with E-state index in [1.165, 1.54) is 11.1 Å². The standard InChI is InChI=1S/C31H40N2O3/c1-24(2)26-11-8-12-28(21-26)36-31(29-22-27(34-3)13-14-30(29)35-4)15-16-32-17-19-33(20-18-32)23-25-9-6-5-7-10-25/h5-14,21-22,24,31H,15-20,23H2,1-4H3. The van der Waals surface area contributed by atoms with Gasteiger partial charge < -0.3 is 19.1 Å². The monoisotopic (exact) mass is 488 g/mol. The average Bonchev–Trinajstić information content (AvgIpc) is 2.92. The van der Waals surface area contributed by atoms with Crippen LogP contribution >= 0.6 is 0 Å². The molecule has 5 heteroatoms. The lowest BCUT2D eigenvalue weighted by molar-refractivity contribution is 0.106. The van der Waals surface area contributed by atoms with Gasteiger partial charge >= 0.3 is 0 Å². The summed E-state index contributed by atoms with van der Waals surface area (Å²) in [5.41, 5.74) is 3.68. The van der Waals surface area contributed by atoms with Gasteiger partial charge in [0.15, 0.2) is 0 Å². The molecule has 1 fully saturated rings. The van der Waals surface area contributed by atoms with Crippen molar-refractivity contribution < 1.29 is 14.2 Å². The van der Waals surface area contributed by atoms with Gasteiger partial charge in [-0.3, -0.25) is 4.90 Å². The second-order valence-corrected chi connectivity index (χ2v) is 9.83. The number of methoxy groups -OCH3 is 2. The molecule has 1 saturated heterocycles. The van der Waals surface area contributed by atoms with E-state index in [1.807, 2.05) is 24.3 Å². The molecule has 0 N–H and O–H groups in total. The fraction of sp³-hybridized carbons (Fsp3) is 0.419. The molecular formula is C31H40N2O3. The van der Waals surface area contributed by atoms with Crippen molar-refractivity contribution in [3.63, 3.8) is 0 Å². The van der Waals surface area contributed by atoms with E-state index in [1.54, 1.807) is 14.2 Å². The predicted octanol–water partition coefficient (Wildman–Crippen LogP) is 6.16. The second kappa shape index (κ2) is 12.8. The molecule has 0 bridgehead atoms. The zero-order valence-corrected chi connectivity index (χ0v) is 22.2. The third-order valence-electron chi connectivity index (χ3n) is 7.01. The summed E-state index contributed by atoms with van der Waals surface area (Å²) in [6, 6.07) is 25.1. The number of ether oxygens (including phenoxy) is 3. The molecule has 3 aromatic carbocycles. The highest BCUT2D eigenvalue weighted by atomic mass is 16.5. The first-order valence-electron chi connectivity index (χ1n) is 13.0. The number of rotatable bonds is 11. The van der Waals surface area contributed by atoms with Crippen molar-refractivity contribution in [1.29, 1.82) is 0 Å². The summed E-state index contributed by atoms with van der Waals surface area (Å²) in [6.07, 6.45) is 0.730. The van der Waals surface area contributed by atoms with Gasteiger partial charge in [0, 0.05) is 51.3 Å². The molecule has 5 nitrogen and oxygen atoms in total. The number of hydrogen-bond donors (Lipinski definition) is 0. The minimum absolute atomic E-state index is 0.139. The molecule has 0 aromatic heterocycles. The molecule has 192 valence electrons. The Morgan fingerprint density at radius 3 is 2.19 bits per heavy atom. The van der Waals surface area contributed by atoms with Crippen LogP contribution in [0.2, 0.25) is 0 Å². The van der Waals surface area contributed by atoms with Crippen molar-refractivity contribution in [3.05, 3.63) is 89.5 Å². The summed E-state index contributed by atoms with van der Waals surface area (Å²) in [4.78, 5) is 5.09. The Hall–Kier alpha value is -3.02. The van der Waals surface area contributed by atoms with Gasteiger partial charge in [0.2, 0.25) is 0 Å². The summed E-state index contributed by atoms with van der Waals surface area (Å²) >= 11 is 0. The van der Waals surface area contributed by atoms with Crippen LogP contribution in [0.25, 0.3) is 0 Å². The SMILES string of the molecule is COc1ccc(OC)c(C(CCN2CCN(Cc3ccccc3)CC2)Oc2cccc(C(C)C)c2)c1. The van der Waals surface area contributed by atoms with Gasteiger partial charge in [-0.15, -0.1) is 0 Å². The van der Waals surface area contributed by atoms with Gasteiger partial charge in [-0.2, -0.15) is 0 Å². The fourth-order valence-corrected chi connectivity index (χ4v) is 4.79. The van der Waals surface area contributed by atoms with Crippen LogP contribution in [0.15, 0.2) is 72.8 Å². The Labute approximate surface area is 216 Å². The van der Waals surface area contributed by atoms with Crippen molar-refractivity contribution in [1.82, 2.24) is 9.80 Å². The summed E-state index contributed by atoms with van der Waals surface area (Å²) in [7, 11) is 3.41. The van der Waals surface area contributed by atoms with E-state index in [9.17, 15) is 0 Å². The first-order chi connectivity index (χ1) is 17.6. The van der Waals surface area contributed by atoms with Crippen LogP contribution in [0.4, 0.5) is 0 Å². The molecular weight excluding hydrogens is 448 g/mol. The lowest BCUT2D eigenvalue weighted by atomic mass is 10.0. The summed E-state index contributed by atoms with van der Waals surface area (Å²) in [5, 5.41) is 0. The molecule has 0 spiro atoms. The van der Waals surface area contributed by atoms with Crippen molar-refractivity contribution in [2.45, 2.75) is 38.8 Å². The minimum Gasteiger partial charge on any atom is -0.497 e. The van der Waals surface area contributed by atoms with Crippen LogP contribution in [0, 0.1) is 0 Å². The van der Waals surface area contributed by atoms with E-state index in [4.69, 9.17) is 14.2 Å². The molecule has 0 aliphatic carbocycles. The third-order valence-corrected chi connectivity index (χ3v) is 7.01. The van der Waals surface area contributed by atoms with Crippen LogP contribution in [-0.4, -0.2) is 56.7 Å². The molecule has 0 saturated carbocycles. The molecule has 0 amide bonds.